The number of allylic oxidation sites excluding steroid dienone is 6. The second kappa shape index (κ2) is 24.0. The number of hydrogen-bond acceptors (Lipinski definition) is 6. The van der Waals surface area contributed by atoms with Crippen LogP contribution in [0.15, 0.2) is 75.9 Å². The minimum absolute atomic E-state index is 0.0150. The summed E-state index contributed by atoms with van der Waals surface area (Å²) in [5.74, 6) is 0. The molecule has 0 bridgehead atoms. The largest absolute Gasteiger partial charge is 0.382 e. The topological polar surface area (TPSA) is 43.4 Å². The molecule has 0 aliphatic carbocycles. The molecule has 0 aromatic rings. The number of nitrogens with zero attached hydrogens (tertiary/aromatic N) is 2. The average molecular weight is 547 g/mol. The summed E-state index contributed by atoms with van der Waals surface area (Å²) in [4.78, 5) is 5.00. The van der Waals surface area contributed by atoms with Gasteiger partial charge in [0.2, 0.25) is 0 Å². The zero-order valence-corrected chi connectivity index (χ0v) is 25.3. The first-order chi connectivity index (χ1) is 18.9. The van der Waals surface area contributed by atoms with Crippen LogP contribution in [0.1, 0.15) is 38.5 Å². The van der Waals surface area contributed by atoms with E-state index in [1.165, 1.54) is 0 Å². The molecule has 0 fully saturated rings. The summed E-state index contributed by atoms with van der Waals surface area (Å²) in [6.45, 7) is 32.1. The first kappa shape index (κ1) is 37.2. The van der Waals surface area contributed by atoms with E-state index < -0.39 is 0 Å². The molecule has 0 heterocycles. The third-order valence-electron chi connectivity index (χ3n) is 6.95. The number of hydrogen-bond donors (Lipinski definition) is 0. The zero-order valence-electron chi connectivity index (χ0n) is 25.3. The van der Waals surface area contributed by atoms with Crippen LogP contribution in [0.5, 0.6) is 0 Å². The fourth-order valence-electron chi connectivity index (χ4n) is 5.23. The van der Waals surface area contributed by atoms with Crippen LogP contribution in [0.25, 0.3) is 0 Å². The molecule has 0 N–H and O–H groups in total. The van der Waals surface area contributed by atoms with E-state index in [1.807, 2.05) is 36.5 Å². The Hall–Kier alpha value is -1.80. The van der Waals surface area contributed by atoms with Crippen LogP contribution in [0.4, 0.5) is 0 Å². The Morgan fingerprint density at radius 2 is 0.795 bits per heavy atom. The van der Waals surface area contributed by atoms with E-state index in [0.717, 1.165) is 71.4 Å². The van der Waals surface area contributed by atoms with Crippen molar-refractivity contribution in [2.24, 2.45) is 10.8 Å². The van der Waals surface area contributed by atoms with Crippen LogP contribution in [0.3, 0.4) is 0 Å². The summed E-state index contributed by atoms with van der Waals surface area (Å²) in [6, 6.07) is 0. The smallest absolute Gasteiger partial charge is 0.0700 e. The summed E-state index contributed by atoms with van der Waals surface area (Å²) in [5.41, 5.74) is -0.0301. The maximum atomic E-state index is 5.90. The van der Waals surface area contributed by atoms with Crippen LogP contribution < -0.4 is 0 Å². The Bertz CT molecular complexity index is 570. The van der Waals surface area contributed by atoms with E-state index in [2.05, 4.69) is 49.3 Å². The summed E-state index contributed by atoms with van der Waals surface area (Å²) < 4.78 is 22.1. The van der Waals surface area contributed by atoms with Gasteiger partial charge in [-0.2, -0.15) is 0 Å². The van der Waals surface area contributed by atoms with Gasteiger partial charge in [0.25, 0.3) is 0 Å². The maximum Gasteiger partial charge on any atom is 0.0700 e. The van der Waals surface area contributed by atoms with Gasteiger partial charge in [-0.25, -0.2) is 0 Å². The summed E-state index contributed by atoms with van der Waals surface area (Å²) >= 11 is 0. The Kier molecular flexibility index (Phi) is 22.9. The van der Waals surface area contributed by atoms with Crippen molar-refractivity contribution >= 4 is 0 Å². The average Bonchev–Trinajstić information content (AvgIpc) is 2.89. The molecule has 0 aliphatic heterocycles. The van der Waals surface area contributed by atoms with Crippen molar-refractivity contribution in [1.82, 2.24) is 9.80 Å². The molecule has 0 saturated heterocycles. The third-order valence-corrected chi connectivity index (χ3v) is 6.95. The Balaban J connectivity index is 6.07. The van der Waals surface area contributed by atoms with Gasteiger partial charge in [0.05, 0.1) is 46.3 Å². The highest BCUT2D eigenvalue weighted by Gasteiger charge is 2.32. The number of rotatable bonds is 30. The molecule has 0 aromatic carbocycles. The minimum Gasteiger partial charge on any atom is -0.382 e. The molecule has 0 spiro atoms. The first-order valence-electron chi connectivity index (χ1n) is 14.2. The lowest BCUT2D eigenvalue weighted by molar-refractivity contribution is 0.00385. The summed E-state index contributed by atoms with van der Waals surface area (Å²) in [7, 11) is 3.39. The fourth-order valence-corrected chi connectivity index (χ4v) is 5.23. The molecule has 6 heteroatoms. The van der Waals surface area contributed by atoms with E-state index in [-0.39, 0.29) is 10.8 Å². The van der Waals surface area contributed by atoms with Crippen LogP contribution in [0.2, 0.25) is 0 Å². The van der Waals surface area contributed by atoms with Gasteiger partial charge in [-0.05, 0) is 49.4 Å². The Morgan fingerprint density at radius 1 is 0.487 bits per heavy atom. The van der Waals surface area contributed by atoms with Gasteiger partial charge in [-0.3, -0.25) is 9.80 Å². The first-order valence-corrected chi connectivity index (χ1v) is 14.2. The van der Waals surface area contributed by atoms with Gasteiger partial charge in [0.15, 0.2) is 0 Å². The molecule has 0 amide bonds. The summed E-state index contributed by atoms with van der Waals surface area (Å²) in [5, 5.41) is 0. The van der Waals surface area contributed by atoms with Crippen molar-refractivity contribution in [3.05, 3.63) is 75.9 Å². The van der Waals surface area contributed by atoms with E-state index >= 15 is 0 Å². The monoisotopic (exact) mass is 546 g/mol. The second-order valence-electron chi connectivity index (χ2n) is 10.4. The quantitative estimate of drug-likeness (QED) is 0.0598. The lowest BCUT2D eigenvalue weighted by Gasteiger charge is -2.42. The highest BCUT2D eigenvalue weighted by Crippen LogP contribution is 2.35. The van der Waals surface area contributed by atoms with Crippen LogP contribution in [0, 0.1) is 10.8 Å². The molecule has 0 atom stereocenters. The standard InChI is InChI=1S/C33H58N2O4/c1-9-15-32(16-10-2,17-11-3)29-34(21-23-38-27-25-36-7)31-35(22-24-39-28-26-37-8)30-33(18-12-4,19-13-5)20-14-6/h9-14H,1-6,15-31H2,7-8H3. The van der Waals surface area contributed by atoms with Crippen molar-refractivity contribution in [3.63, 3.8) is 0 Å². The fraction of sp³-hybridized carbons (Fsp3) is 0.636. The lowest BCUT2D eigenvalue weighted by atomic mass is 9.77. The van der Waals surface area contributed by atoms with Gasteiger partial charge in [-0.1, -0.05) is 36.5 Å². The highest BCUT2D eigenvalue weighted by atomic mass is 16.5. The molecule has 0 rings (SSSR count). The van der Waals surface area contributed by atoms with E-state index in [0.29, 0.717) is 39.6 Å². The van der Waals surface area contributed by atoms with E-state index in [1.54, 1.807) is 14.2 Å². The Labute approximate surface area is 240 Å². The molecule has 0 unspecified atom stereocenters. The van der Waals surface area contributed by atoms with Crippen LogP contribution in [-0.4, -0.2) is 96.5 Å². The zero-order chi connectivity index (χ0) is 29.2. The van der Waals surface area contributed by atoms with E-state index in [4.69, 9.17) is 18.9 Å². The van der Waals surface area contributed by atoms with Crippen LogP contribution >= 0.6 is 0 Å². The molecular formula is C33H58N2O4. The van der Waals surface area contributed by atoms with Crippen molar-refractivity contribution in [2.75, 3.05) is 86.7 Å². The molecule has 0 saturated carbocycles. The molecule has 6 nitrogen and oxygen atoms in total. The van der Waals surface area contributed by atoms with Gasteiger partial charge in [0.1, 0.15) is 0 Å². The van der Waals surface area contributed by atoms with Gasteiger partial charge >= 0.3 is 0 Å². The molecule has 39 heavy (non-hydrogen) atoms. The van der Waals surface area contributed by atoms with Gasteiger partial charge in [-0.15, -0.1) is 39.5 Å². The Morgan fingerprint density at radius 3 is 1.05 bits per heavy atom. The second-order valence-corrected chi connectivity index (χ2v) is 10.4. The van der Waals surface area contributed by atoms with Crippen molar-refractivity contribution < 1.29 is 18.9 Å². The molecule has 0 aromatic heterocycles. The summed E-state index contributed by atoms with van der Waals surface area (Å²) in [6.07, 6.45) is 17.4. The van der Waals surface area contributed by atoms with Crippen molar-refractivity contribution in [2.45, 2.75) is 38.5 Å². The molecular weight excluding hydrogens is 488 g/mol. The van der Waals surface area contributed by atoms with Crippen LogP contribution in [-0.2, 0) is 18.9 Å². The maximum absolute atomic E-state index is 5.90. The normalized spacial score (nSPS) is 12.0. The third kappa shape index (κ3) is 16.8. The van der Waals surface area contributed by atoms with E-state index in [9.17, 15) is 0 Å². The van der Waals surface area contributed by atoms with Crippen molar-refractivity contribution in [1.29, 1.82) is 0 Å². The molecule has 0 aliphatic rings. The highest BCUT2D eigenvalue weighted by molar-refractivity contribution is 4.99. The lowest BCUT2D eigenvalue weighted by Crippen LogP contribution is -2.49. The van der Waals surface area contributed by atoms with Gasteiger partial charge in [0, 0.05) is 40.4 Å². The minimum atomic E-state index is -0.0150. The van der Waals surface area contributed by atoms with Gasteiger partial charge < -0.3 is 18.9 Å². The SMILES string of the molecule is C=CCC(CC=C)(CC=C)CN(CCOCCOC)CN(CCOCCOC)CC(CC=C)(CC=C)CC=C. The predicted octanol–water partition coefficient (Wildman–Crippen LogP) is 6.30. The molecule has 224 valence electrons. The number of methoxy groups -OCH3 is 2. The molecule has 0 radical (unpaired) electrons. The predicted molar refractivity (Wildman–Crippen MR) is 167 cm³/mol. The number of ether oxygens (including phenoxy) is 4. The van der Waals surface area contributed by atoms with Crippen molar-refractivity contribution in [3.8, 4) is 0 Å².